The number of rotatable bonds is 7. The van der Waals surface area contributed by atoms with Gasteiger partial charge in [-0.15, -0.1) is 0 Å². The number of ether oxygens (including phenoxy) is 3. The number of carbonyl (C=O) groups is 1. The topological polar surface area (TPSA) is 61.7 Å². The SMILES string of the molecule is COc1cc(NC(=O)CCn2ccc3c(Br)cccc32)cc(OC)c1OC. The lowest BCUT2D eigenvalue weighted by Crippen LogP contribution is -2.14. The van der Waals surface area contributed by atoms with Crippen molar-refractivity contribution in [2.45, 2.75) is 13.0 Å². The summed E-state index contributed by atoms with van der Waals surface area (Å²) in [6.07, 6.45) is 2.33. The molecule has 0 saturated heterocycles. The lowest BCUT2D eigenvalue weighted by atomic mass is 10.2. The van der Waals surface area contributed by atoms with E-state index >= 15 is 0 Å². The number of benzene rings is 2. The van der Waals surface area contributed by atoms with Gasteiger partial charge in [-0.25, -0.2) is 0 Å². The zero-order chi connectivity index (χ0) is 19.4. The Kier molecular flexibility index (Phi) is 5.91. The standard InChI is InChI=1S/C20H21BrN2O4/c1-25-17-11-13(12-18(26-2)20(17)27-3)22-19(24)8-10-23-9-7-14-15(21)5-4-6-16(14)23/h4-7,9,11-12H,8,10H2,1-3H3,(H,22,24). The van der Waals surface area contributed by atoms with Gasteiger partial charge >= 0.3 is 0 Å². The Hall–Kier alpha value is -2.67. The number of anilines is 1. The fraction of sp³-hybridized carbons (Fsp3) is 0.250. The van der Waals surface area contributed by atoms with E-state index in [0.717, 1.165) is 15.4 Å². The number of amides is 1. The predicted molar refractivity (Wildman–Crippen MR) is 109 cm³/mol. The average molecular weight is 433 g/mol. The van der Waals surface area contributed by atoms with E-state index < -0.39 is 0 Å². The molecule has 0 saturated carbocycles. The summed E-state index contributed by atoms with van der Waals surface area (Å²) in [7, 11) is 4.62. The minimum Gasteiger partial charge on any atom is -0.493 e. The minimum atomic E-state index is -0.0962. The molecule has 0 unspecified atom stereocenters. The van der Waals surface area contributed by atoms with E-state index in [4.69, 9.17) is 14.2 Å². The maximum Gasteiger partial charge on any atom is 0.226 e. The summed E-state index contributed by atoms with van der Waals surface area (Å²) in [6.45, 7) is 0.580. The fourth-order valence-corrected chi connectivity index (χ4v) is 3.47. The largest absolute Gasteiger partial charge is 0.493 e. The van der Waals surface area contributed by atoms with Crippen LogP contribution in [0.4, 0.5) is 5.69 Å². The molecule has 1 heterocycles. The number of nitrogens with one attached hydrogen (secondary N) is 1. The summed E-state index contributed by atoms with van der Waals surface area (Å²) in [5.74, 6) is 1.38. The van der Waals surface area contributed by atoms with Gasteiger partial charge in [0.05, 0.1) is 21.3 Å². The third kappa shape index (κ3) is 4.03. The highest BCUT2D eigenvalue weighted by molar-refractivity contribution is 9.10. The van der Waals surface area contributed by atoms with Crippen LogP contribution in [-0.2, 0) is 11.3 Å². The van der Waals surface area contributed by atoms with Crippen molar-refractivity contribution in [1.29, 1.82) is 0 Å². The van der Waals surface area contributed by atoms with Crippen LogP contribution >= 0.6 is 15.9 Å². The normalized spacial score (nSPS) is 10.7. The summed E-state index contributed by atoms with van der Waals surface area (Å²) in [4.78, 5) is 12.4. The summed E-state index contributed by atoms with van der Waals surface area (Å²) in [5, 5.41) is 4.01. The van der Waals surface area contributed by atoms with Gasteiger partial charge in [0, 0.05) is 52.4 Å². The number of halogens is 1. The Labute approximate surface area is 166 Å². The predicted octanol–water partition coefficient (Wildman–Crippen LogP) is 4.46. The van der Waals surface area contributed by atoms with Crippen LogP contribution in [0.15, 0.2) is 47.1 Å². The molecule has 0 bridgehead atoms. The fourth-order valence-electron chi connectivity index (χ4n) is 2.98. The molecular weight excluding hydrogens is 412 g/mol. The van der Waals surface area contributed by atoms with Gasteiger partial charge in [-0.2, -0.15) is 0 Å². The lowest BCUT2D eigenvalue weighted by Gasteiger charge is -2.14. The third-order valence-corrected chi connectivity index (χ3v) is 4.98. The van der Waals surface area contributed by atoms with Crippen molar-refractivity contribution >= 4 is 38.4 Å². The second-order valence-corrected chi connectivity index (χ2v) is 6.75. The molecule has 0 aliphatic carbocycles. The van der Waals surface area contributed by atoms with Crippen LogP contribution in [0, 0.1) is 0 Å². The van der Waals surface area contributed by atoms with E-state index in [0.29, 0.717) is 35.9 Å². The van der Waals surface area contributed by atoms with Crippen molar-refractivity contribution in [3.8, 4) is 17.2 Å². The van der Waals surface area contributed by atoms with Crippen LogP contribution in [0.3, 0.4) is 0 Å². The molecule has 0 aliphatic heterocycles. The number of methoxy groups -OCH3 is 3. The number of hydrogen-bond donors (Lipinski definition) is 1. The molecule has 6 nitrogen and oxygen atoms in total. The van der Waals surface area contributed by atoms with E-state index in [2.05, 4.69) is 25.8 Å². The second kappa shape index (κ2) is 8.35. The third-order valence-electron chi connectivity index (χ3n) is 4.29. The molecule has 0 fully saturated rings. The first-order valence-electron chi connectivity index (χ1n) is 8.40. The van der Waals surface area contributed by atoms with Gasteiger partial charge in [0.2, 0.25) is 11.7 Å². The first-order chi connectivity index (χ1) is 13.1. The van der Waals surface area contributed by atoms with E-state index in [1.165, 1.54) is 14.2 Å². The Bertz CT molecular complexity index is 943. The Morgan fingerprint density at radius 2 is 1.78 bits per heavy atom. The Morgan fingerprint density at radius 3 is 2.41 bits per heavy atom. The lowest BCUT2D eigenvalue weighted by molar-refractivity contribution is -0.116. The van der Waals surface area contributed by atoms with Gasteiger partial charge in [-0.1, -0.05) is 22.0 Å². The number of nitrogens with zero attached hydrogens (tertiary/aromatic N) is 1. The zero-order valence-electron chi connectivity index (χ0n) is 15.4. The Morgan fingerprint density at radius 1 is 1.07 bits per heavy atom. The summed E-state index contributed by atoms with van der Waals surface area (Å²) >= 11 is 3.55. The summed E-state index contributed by atoms with van der Waals surface area (Å²) in [5.41, 5.74) is 1.68. The number of hydrogen-bond acceptors (Lipinski definition) is 4. The molecule has 0 spiro atoms. The molecule has 27 heavy (non-hydrogen) atoms. The summed E-state index contributed by atoms with van der Waals surface area (Å²) < 4.78 is 19.0. The molecule has 3 rings (SSSR count). The molecule has 3 aromatic rings. The number of carbonyl (C=O) groups excluding carboxylic acids is 1. The van der Waals surface area contributed by atoms with E-state index in [9.17, 15) is 4.79 Å². The monoisotopic (exact) mass is 432 g/mol. The average Bonchev–Trinajstić information content (AvgIpc) is 3.10. The first-order valence-corrected chi connectivity index (χ1v) is 9.20. The van der Waals surface area contributed by atoms with Crippen molar-refractivity contribution in [3.63, 3.8) is 0 Å². The van der Waals surface area contributed by atoms with Crippen LogP contribution < -0.4 is 19.5 Å². The molecule has 1 amide bonds. The van der Waals surface area contributed by atoms with Gasteiger partial charge in [0.1, 0.15) is 0 Å². The quantitative estimate of drug-likeness (QED) is 0.598. The van der Waals surface area contributed by atoms with Gasteiger partial charge in [-0.3, -0.25) is 4.79 Å². The number of fused-ring (bicyclic) bond motifs is 1. The van der Waals surface area contributed by atoms with Crippen LogP contribution in [0.1, 0.15) is 6.42 Å². The van der Waals surface area contributed by atoms with Crippen LogP contribution in [0.2, 0.25) is 0 Å². The molecule has 7 heteroatoms. The van der Waals surface area contributed by atoms with Crippen molar-refractivity contribution < 1.29 is 19.0 Å². The highest BCUT2D eigenvalue weighted by Gasteiger charge is 2.14. The molecular formula is C20H21BrN2O4. The molecule has 0 radical (unpaired) electrons. The van der Waals surface area contributed by atoms with Gasteiger partial charge in [0.15, 0.2) is 11.5 Å². The number of aryl methyl sites for hydroxylation is 1. The van der Waals surface area contributed by atoms with Crippen LogP contribution in [0.25, 0.3) is 10.9 Å². The highest BCUT2D eigenvalue weighted by Crippen LogP contribution is 2.39. The van der Waals surface area contributed by atoms with Gasteiger partial charge in [0.25, 0.3) is 0 Å². The Balaban J connectivity index is 1.71. The van der Waals surface area contributed by atoms with E-state index in [1.807, 2.05) is 30.5 Å². The molecule has 1 N–H and O–H groups in total. The molecule has 2 aromatic carbocycles. The van der Waals surface area contributed by atoms with Crippen molar-refractivity contribution in [1.82, 2.24) is 4.57 Å². The zero-order valence-corrected chi connectivity index (χ0v) is 17.0. The van der Waals surface area contributed by atoms with Gasteiger partial charge < -0.3 is 24.1 Å². The maximum atomic E-state index is 12.4. The maximum absolute atomic E-state index is 12.4. The smallest absolute Gasteiger partial charge is 0.226 e. The molecule has 142 valence electrons. The van der Waals surface area contributed by atoms with Crippen LogP contribution in [-0.4, -0.2) is 31.8 Å². The van der Waals surface area contributed by atoms with Crippen LogP contribution in [0.5, 0.6) is 17.2 Å². The minimum absolute atomic E-state index is 0.0962. The van der Waals surface area contributed by atoms with E-state index in [1.54, 1.807) is 19.2 Å². The van der Waals surface area contributed by atoms with E-state index in [-0.39, 0.29) is 5.91 Å². The van der Waals surface area contributed by atoms with Crippen molar-refractivity contribution in [2.75, 3.05) is 26.6 Å². The molecule has 1 aromatic heterocycles. The van der Waals surface area contributed by atoms with Crippen molar-refractivity contribution in [2.24, 2.45) is 0 Å². The summed E-state index contributed by atoms with van der Waals surface area (Å²) in [6, 6.07) is 11.5. The molecule has 0 aliphatic rings. The molecule has 0 atom stereocenters. The van der Waals surface area contributed by atoms with Gasteiger partial charge in [-0.05, 0) is 18.2 Å². The second-order valence-electron chi connectivity index (χ2n) is 5.89. The number of aromatic nitrogens is 1. The first kappa shape index (κ1) is 19.1. The van der Waals surface area contributed by atoms with Crippen molar-refractivity contribution in [3.05, 3.63) is 47.1 Å². The highest BCUT2D eigenvalue weighted by atomic mass is 79.9.